The van der Waals surface area contributed by atoms with E-state index in [0.717, 1.165) is 6.07 Å². The monoisotopic (exact) mass is 363 g/mol. The second-order valence-electron chi connectivity index (χ2n) is 5.34. The Morgan fingerprint density at radius 2 is 1.88 bits per heavy atom. The lowest BCUT2D eigenvalue weighted by Crippen LogP contribution is -2.18. The molecule has 0 aliphatic rings. The van der Waals surface area contributed by atoms with Gasteiger partial charge in [0.25, 0.3) is 15.7 Å². The number of benzene rings is 2. The minimum absolute atomic E-state index is 0.0567. The van der Waals surface area contributed by atoms with Gasteiger partial charge < -0.3 is 4.74 Å². The third kappa shape index (κ3) is 5.28. The Hall–Kier alpha value is -2.94. The number of non-ortho nitro benzene ring substituents is 1. The van der Waals surface area contributed by atoms with Gasteiger partial charge in [-0.25, -0.2) is 4.83 Å². The van der Waals surface area contributed by atoms with Crippen LogP contribution in [-0.2, 0) is 10.0 Å². The molecule has 2 aromatic carbocycles. The van der Waals surface area contributed by atoms with Gasteiger partial charge in [-0.1, -0.05) is 6.07 Å². The number of nitro benzene ring substituents is 1. The Kier molecular flexibility index (Phi) is 5.71. The third-order valence-electron chi connectivity index (χ3n) is 2.98. The Bertz CT molecular complexity index is 877. The number of ether oxygens (including phenoxy) is 1. The minimum atomic E-state index is -3.99. The second kappa shape index (κ2) is 7.75. The molecule has 132 valence electrons. The lowest BCUT2D eigenvalue weighted by molar-refractivity contribution is -0.385. The fraction of sp³-hybridized carbons (Fsp3) is 0.188. The number of nitro groups is 1. The maximum absolute atomic E-state index is 12.1. The molecule has 0 heterocycles. The van der Waals surface area contributed by atoms with Crippen molar-refractivity contribution >= 4 is 21.9 Å². The van der Waals surface area contributed by atoms with Gasteiger partial charge in [0.2, 0.25) is 0 Å². The molecular weight excluding hydrogens is 346 g/mol. The second-order valence-corrected chi connectivity index (χ2v) is 7.00. The molecule has 0 aromatic heterocycles. The summed E-state index contributed by atoms with van der Waals surface area (Å²) in [4.78, 5) is 11.8. The van der Waals surface area contributed by atoms with Crippen LogP contribution in [-0.4, -0.2) is 25.7 Å². The van der Waals surface area contributed by atoms with E-state index in [1.807, 2.05) is 18.7 Å². The van der Waals surface area contributed by atoms with Crippen molar-refractivity contribution in [3.63, 3.8) is 0 Å². The van der Waals surface area contributed by atoms with E-state index >= 15 is 0 Å². The maximum Gasteiger partial charge on any atom is 0.276 e. The molecule has 8 nitrogen and oxygen atoms in total. The first-order valence-electron chi connectivity index (χ1n) is 7.34. The van der Waals surface area contributed by atoms with E-state index in [9.17, 15) is 18.5 Å². The summed E-state index contributed by atoms with van der Waals surface area (Å²) in [5.74, 6) is 0.698. The Balaban J connectivity index is 2.07. The zero-order valence-electron chi connectivity index (χ0n) is 13.6. The molecule has 2 rings (SSSR count). The number of hydrogen-bond donors (Lipinski definition) is 1. The number of nitrogens with zero attached hydrogens (tertiary/aromatic N) is 2. The number of hydrazone groups is 1. The minimum Gasteiger partial charge on any atom is -0.491 e. The average molecular weight is 363 g/mol. The normalized spacial score (nSPS) is 11.6. The number of hydrogen-bond acceptors (Lipinski definition) is 6. The van der Waals surface area contributed by atoms with Gasteiger partial charge in [0.1, 0.15) is 5.75 Å². The van der Waals surface area contributed by atoms with E-state index in [4.69, 9.17) is 4.74 Å². The molecule has 0 spiro atoms. The average Bonchev–Trinajstić information content (AvgIpc) is 2.56. The molecule has 0 fully saturated rings. The van der Waals surface area contributed by atoms with Gasteiger partial charge in [-0.2, -0.15) is 13.5 Å². The largest absolute Gasteiger partial charge is 0.491 e. The molecule has 0 saturated heterocycles. The molecule has 0 aliphatic carbocycles. The van der Waals surface area contributed by atoms with Crippen LogP contribution in [0.2, 0.25) is 0 Å². The fourth-order valence-corrected chi connectivity index (χ4v) is 2.72. The van der Waals surface area contributed by atoms with E-state index in [-0.39, 0.29) is 16.7 Å². The first kappa shape index (κ1) is 18.4. The molecule has 1 N–H and O–H groups in total. The summed E-state index contributed by atoms with van der Waals surface area (Å²) >= 11 is 0. The van der Waals surface area contributed by atoms with Crippen molar-refractivity contribution in [2.75, 3.05) is 0 Å². The summed E-state index contributed by atoms with van der Waals surface area (Å²) < 4.78 is 29.7. The van der Waals surface area contributed by atoms with Crippen LogP contribution >= 0.6 is 0 Å². The summed E-state index contributed by atoms with van der Waals surface area (Å²) in [7, 11) is -3.99. The van der Waals surface area contributed by atoms with Gasteiger partial charge in [-0.3, -0.25) is 10.1 Å². The van der Waals surface area contributed by atoms with Gasteiger partial charge in [0, 0.05) is 12.1 Å². The Labute approximate surface area is 145 Å². The Morgan fingerprint density at radius 3 is 2.48 bits per heavy atom. The number of nitrogens with one attached hydrogen (secondary N) is 1. The summed E-state index contributed by atoms with van der Waals surface area (Å²) in [6, 6.07) is 11.7. The Morgan fingerprint density at radius 1 is 1.20 bits per heavy atom. The zero-order chi connectivity index (χ0) is 18.4. The summed E-state index contributed by atoms with van der Waals surface area (Å²) in [5.41, 5.74) is 0.352. The molecule has 0 atom stereocenters. The molecule has 0 aliphatic heterocycles. The summed E-state index contributed by atoms with van der Waals surface area (Å²) in [6.07, 6.45) is 1.38. The van der Waals surface area contributed by atoms with Crippen LogP contribution in [0.25, 0.3) is 0 Å². The number of sulfonamides is 1. The van der Waals surface area contributed by atoms with Crippen molar-refractivity contribution in [2.45, 2.75) is 24.8 Å². The van der Waals surface area contributed by atoms with E-state index in [2.05, 4.69) is 5.10 Å². The predicted molar refractivity (Wildman–Crippen MR) is 93.2 cm³/mol. The molecule has 0 radical (unpaired) electrons. The predicted octanol–water partition coefficient (Wildman–Crippen LogP) is 2.69. The zero-order valence-corrected chi connectivity index (χ0v) is 14.4. The van der Waals surface area contributed by atoms with Gasteiger partial charge in [-0.15, -0.1) is 0 Å². The molecule has 9 heteroatoms. The van der Waals surface area contributed by atoms with E-state index in [0.29, 0.717) is 11.3 Å². The van der Waals surface area contributed by atoms with Crippen molar-refractivity contribution in [3.05, 3.63) is 64.2 Å². The topological polar surface area (TPSA) is 111 Å². The van der Waals surface area contributed by atoms with Crippen LogP contribution in [0, 0.1) is 10.1 Å². The lowest BCUT2D eigenvalue weighted by Gasteiger charge is -2.09. The molecule has 0 amide bonds. The molecule has 25 heavy (non-hydrogen) atoms. The number of rotatable bonds is 7. The van der Waals surface area contributed by atoms with E-state index < -0.39 is 14.9 Å². The van der Waals surface area contributed by atoms with Crippen molar-refractivity contribution in [1.82, 2.24) is 4.83 Å². The molecule has 2 aromatic rings. The molecule has 0 bridgehead atoms. The van der Waals surface area contributed by atoms with Crippen molar-refractivity contribution in [1.29, 1.82) is 0 Å². The van der Waals surface area contributed by atoms with Crippen LogP contribution in [0.15, 0.2) is 58.5 Å². The van der Waals surface area contributed by atoms with Crippen LogP contribution in [0.1, 0.15) is 19.4 Å². The van der Waals surface area contributed by atoms with Gasteiger partial charge in [-0.05, 0) is 49.7 Å². The first-order chi connectivity index (χ1) is 11.8. The van der Waals surface area contributed by atoms with Crippen LogP contribution < -0.4 is 9.57 Å². The van der Waals surface area contributed by atoms with Crippen LogP contribution in [0.5, 0.6) is 5.75 Å². The van der Waals surface area contributed by atoms with E-state index in [1.54, 1.807) is 24.3 Å². The molecular formula is C16H17N3O5S. The standard InChI is InChI=1S/C16H17N3O5S/c1-12(2)24-15-8-6-13(7-9-15)11-17-18-25(22,23)16-5-3-4-14(10-16)19(20)21/h3-12,18H,1-2H3/b17-11+. The molecule has 0 saturated carbocycles. The highest BCUT2D eigenvalue weighted by atomic mass is 32.2. The van der Waals surface area contributed by atoms with Gasteiger partial charge in [0.15, 0.2) is 0 Å². The van der Waals surface area contributed by atoms with Crippen molar-refractivity contribution in [3.8, 4) is 5.75 Å². The fourth-order valence-electron chi connectivity index (χ4n) is 1.89. The quantitative estimate of drug-likeness (QED) is 0.462. The lowest BCUT2D eigenvalue weighted by atomic mass is 10.2. The highest BCUT2D eigenvalue weighted by Gasteiger charge is 2.16. The van der Waals surface area contributed by atoms with Crippen molar-refractivity contribution < 1.29 is 18.1 Å². The van der Waals surface area contributed by atoms with E-state index in [1.165, 1.54) is 24.4 Å². The van der Waals surface area contributed by atoms with Gasteiger partial charge in [0.05, 0.1) is 22.1 Å². The van der Waals surface area contributed by atoms with Crippen molar-refractivity contribution in [2.24, 2.45) is 5.10 Å². The highest BCUT2D eigenvalue weighted by molar-refractivity contribution is 7.89. The van der Waals surface area contributed by atoms with Crippen LogP contribution in [0.3, 0.4) is 0 Å². The highest BCUT2D eigenvalue weighted by Crippen LogP contribution is 2.17. The first-order valence-corrected chi connectivity index (χ1v) is 8.82. The summed E-state index contributed by atoms with van der Waals surface area (Å²) in [6.45, 7) is 3.83. The van der Waals surface area contributed by atoms with Crippen LogP contribution in [0.4, 0.5) is 5.69 Å². The summed E-state index contributed by atoms with van der Waals surface area (Å²) in [5, 5.41) is 14.4. The maximum atomic E-state index is 12.1. The third-order valence-corrected chi connectivity index (χ3v) is 4.20. The smallest absolute Gasteiger partial charge is 0.276 e. The molecule has 0 unspecified atom stereocenters. The SMILES string of the molecule is CC(C)Oc1ccc(/C=N/NS(=O)(=O)c2cccc([N+](=O)[O-])c2)cc1. The van der Waals surface area contributed by atoms with Gasteiger partial charge >= 0.3 is 0 Å².